The van der Waals surface area contributed by atoms with Gasteiger partial charge in [0.2, 0.25) is 0 Å². The molecular formula is C17H25ClN2. The predicted molar refractivity (Wildman–Crippen MR) is 85.3 cm³/mol. The summed E-state index contributed by atoms with van der Waals surface area (Å²) in [5.74, 6) is 1.74. The molecule has 0 spiro atoms. The second kappa shape index (κ2) is 6.05. The van der Waals surface area contributed by atoms with Gasteiger partial charge in [0.1, 0.15) is 0 Å². The summed E-state index contributed by atoms with van der Waals surface area (Å²) in [5.41, 5.74) is 1.40. The molecule has 20 heavy (non-hydrogen) atoms. The van der Waals surface area contributed by atoms with Gasteiger partial charge in [-0.05, 0) is 62.4 Å². The fourth-order valence-corrected chi connectivity index (χ4v) is 4.30. The molecule has 0 saturated carbocycles. The fraction of sp³-hybridized carbons (Fsp3) is 0.647. The van der Waals surface area contributed by atoms with Crippen molar-refractivity contribution in [2.45, 2.75) is 38.8 Å². The van der Waals surface area contributed by atoms with Crippen LogP contribution in [0.3, 0.4) is 0 Å². The Kier molecular flexibility index (Phi) is 4.34. The van der Waals surface area contributed by atoms with Crippen molar-refractivity contribution < 1.29 is 0 Å². The molecule has 110 valence electrons. The monoisotopic (exact) mass is 292 g/mol. The third kappa shape index (κ3) is 2.74. The van der Waals surface area contributed by atoms with Gasteiger partial charge in [-0.25, -0.2) is 0 Å². The van der Waals surface area contributed by atoms with Gasteiger partial charge >= 0.3 is 0 Å². The van der Waals surface area contributed by atoms with Crippen molar-refractivity contribution in [3.05, 3.63) is 34.9 Å². The molecule has 0 amide bonds. The van der Waals surface area contributed by atoms with E-state index in [9.17, 15) is 0 Å². The van der Waals surface area contributed by atoms with E-state index in [1.807, 2.05) is 12.1 Å². The zero-order valence-electron chi connectivity index (χ0n) is 12.5. The van der Waals surface area contributed by atoms with Crippen LogP contribution in [-0.4, -0.2) is 36.6 Å². The summed E-state index contributed by atoms with van der Waals surface area (Å²) in [7, 11) is 0. The van der Waals surface area contributed by atoms with Gasteiger partial charge in [-0.2, -0.15) is 0 Å². The second-order valence-electron chi connectivity index (χ2n) is 6.43. The summed E-state index contributed by atoms with van der Waals surface area (Å²) in [6.45, 7) is 8.42. The standard InChI is InChI=1S/C17H25ClN2/c1-3-17-16-10-19-9-14(16)11-20(17)12(2)8-13-4-6-15(18)7-5-13/h4-7,12,14,16-17,19H,3,8-11H2,1-2H3. The van der Waals surface area contributed by atoms with E-state index in [1.165, 1.54) is 31.6 Å². The Hall–Kier alpha value is -0.570. The van der Waals surface area contributed by atoms with Gasteiger partial charge in [-0.3, -0.25) is 4.90 Å². The first-order valence-corrected chi connectivity index (χ1v) is 8.27. The third-order valence-corrected chi connectivity index (χ3v) is 5.44. The molecule has 2 aliphatic rings. The largest absolute Gasteiger partial charge is 0.316 e. The summed E-state index contributed by atoms with van der Waals surface area (Å²) in [6.07, 6.45) is 2.40. The molecule has 0 aromatic heterocycles. The summed E-state index contributed by atoms with van der Waals surface area (Å²) < 4.78 is 0. The molecule has 1 aromatic rings. The molecule has 2 nitrogen and oxygen atoms in total. The number of hydrogen-bond donors (Lipinski definition) is 1. The van der Waals surface area contributed by atoms with Gasteiger partial charge < -0.3 is 5.32 Å². The van der Waals surface area contributed by atoms with Gasteiger partial charge in [-0.15, -0.1) is 0 Å². The number of rotatable bonds is 4. The van der Waals surface area contributed by atoms with Crippen molar-refractivity contribution in [2.75, 3.05) is 19.6 Å². The van der Waals surface area contributed by atoms with Crippen LogP contribution in [0.5, 0.6) is 0 Å². The van der Waals surface area contributed by atoms with Crippen molar-refractivity contribution in [1.29, 1.82) is 0 Å². The lowest BCUT2D eigenvalue weighted by atomic mass is 9.92. The molecule has 4 atom stereocenters. The Bertz CT molecular complexity index is 445. The number of nitrogens with zero attached hydrogens (tertiary/aromatic N) is 1. The van der Waals surface area contributed by atoms with E-state index in [0.717, 1.165) is 29.3 Å². The van der Waals surface area contributed by atoms with E-state index in [-0.39, 0.29) is 0 Å². The fourth-order valence-electron chi connectivity index (χ4n) is 4.18. The van der Waals surface area contributed by atoms with Crippen molar-refractivity contribution in [3.63, 3.8) is 0 Å². The smallest absolute Gasteiger partial charge is 0.0406 e. The van der Waals surface area contributed by atoms with Gasteiger partial charge in [0.05, 0.1) is 0 Å². The Morgan fingerprint density at radius 3 is 2.75 bits per heavy atom. The number of benzene rings is 1. The summed E-state index contributed by atoms with van der Waals surface area (Å²) in [6, 6.07) is 9.72. The molecule has 3 heteroatoms. The highest BCUT2D eigenvalue weighted by Gasteiger charge is 2.44. The topological polar surface area (TPSA) is 15.3 Å². The molecule has 3 rings (SSSR count). The molecule has 4 unspecified atom stereocenters. The minimum absolute atomic E-state index is 0.617. The molecule has 1 aromatic carbocycles. The quantitative estimate of drug-likeness (QED) is 0.917. The van der Waals surface area contributed by atoms with Crippen molar-refractivity contribution >= 4 is 11.6 Å². The molecule has 2 saturated heterocycles. The number of hydrogen-bond acceptors (Lipinski definition) is 2. The van der Waals surface area contributed by atoms with Crippen LogP contribution in [0.2, 0.25) is 5.02 Å². The first kappa shape index (κ1) is 14.4. The summed E-state index contributed by atoms with van der Waals surface area (Å²) >= 11 is 5.97. The molecule has 0 radical (unpaired) electrons. The van der Waals surface area contributed by atoms with Crippen molar-refractivity contribution in [1.82, 2.24) is 10.2 Å². The molecular weight excluding hydrogens is 268 g/mol. The SMILES string of the molecule is CCC1C2CNCC2CN1C(C)Cc1ccc(Cl)cc1. The lowest BCUT2D eigenvalue weighted by Gasteiger charge is -2.32. The van der Waals surface area contributed by atoms with Crippen molar-refractivity contribution in [2.24, 2.45) is 11.8 Å². The minimum Gasteiger partial charge on any atom is -0.316 e. The zero-order chi connectivity index (χ0) is 14.1. The summed E-state index contributed by atoms with van der Waals surface area (Å²) in [4.78, 5) is 2.75. The van der Waals surface area contributed by atoms with E-state index >= 15 is 0 Å². The highest BCUT2D eigenvalue weighted by Crippen LogP contribution is 2.36. The van der Waals surface area contributed by atoms with E-state index < -0.39 is 0 Å². The highest BCUT2D eigenvalue weighted by molar-refractivity contribution is 6.30. The second-order valence-corrected chi connectivity index (χ2v) is 6.87. The molecule has 2 aliphatic heterocycles. The first-order chi connectivity index (χ1) is 9.69. The van der Waals surface area contributed by atoms with Crippen LogP contribution < -0.4 is 5.32 Å². The zero-order valence-corrected chi connectivity index (χ0v) is 13.2. The maximum absolute atomic E-state index is 5.97. The van der Waals surface area contributed by atoms with Crippen LogP contribution >= 0.6 is 11.6 Å². The van der Waals surface area contributed by atoms with Crippen LogP contribution in [-0.2, 0) is 6.42 Å². The van der Waals surface area contributed by atoms with Crippen molar-refractivity contribution in [3.8, 4) is 0 Å². The minimum atomic E-state index is 0.617. The number of fused-ring (bicyclic) bond motifs is 1. The Morgan fingerprint density at radius 2 is 2.05 bits per heavy atom. The predicted octanol–water partition coefficient (Wildman–Crippen LogP) is 3.20. The Morgan fingerprint density at radius 1 is 1.30 bits per heavy atom. The maximum Gasteiger partial charge on any atom is 0.0406 e. The molecule has 0 bridgehead atoms. The van der Waals surface area contributed by atoms with E-state index in [2.05, 4.69) is 36.2 Å². The Labute approximate surface area is 127 Å². The molecule has 2 fully saturated rings. The van der Waals surface area contributed by atoms with E-state index in [1.54, 1.807) is 0 Å². The summed E-state index contributed by atoms with van der Waals surface area (Å²) in [5, 5.41) is 4.39. The van der Waals surface area contributed by atoms with Gasteiger partial charge in [0, 0.05) is 23.7 Å². The molecule has 1 N–H and O–H groups in total. The average molecular weight is 293 g/mol. The maximum atomic E-state index is 5.97. The third-order valence-electron chi connectivity index (χ3n) is 5.19. The van der Waals surface area contributed by atoms with Gasteiger partial charge in [0.15, 0.2) is 0 Å². The highest BCUT2D eigenvalue weighted by atomic mass is 35.5. The number of nitrogens with one attached hydrogen (secondary N) is 1. The van der Waals surface area contributed by atoms with Crippen LogP contribution in [0.15, 0.2) is 24.3 Å². The van der Waals surface area contributed by atoms with Crippen LogP contribution in [0.25, 0.3) is 0 Å². The average Bonchev–Trinajstić information content (AvgIpc) is 3.01. The lowest BCUT2D eigenvalue weighted by molar-refractivity contribution is 0.164. The number of likely N-dealkylation sites (tertiary alicyclic amines) is 1. The first-order valence-electron chi connectivity index (χ1n) is 7.90. The molecule has 2 heterocycles. The van der Waals surface area contributed by atoms with Gasteiger partial charge in [0.25, 0.3) is 0 Å². The number of halogens is 1. The van der Waals surface area contributed by atoms with E-state index in [4.69, 9.17) is 11.6 Å². The van der Waals surface area contributed by atoms with Gasteiger partial charge in [-0.1, -0.05) is 30.7 Å². The van der Waals surface area contributed by atoms with Crippen LogP contribution in [0.4, 0.5) is 0 Å². The Balaban J connectivity index is 1.67. The normalized spacial score (nSPS) is 31.4. The lowest BCUT2D eigenvalue weighted by Crippen LogP contribution is -2.42. The van der Waals surface area contributed by atoms with Crippen LogP contribution in [0.1, 0.15) is 25.8 Å². The van der Waals surface area contributed by atoms with Crippen LogP contribution in [0, 0.1) is 11.8 Å². The van der Waals surface area contributed by atoms with E-state index in [0.29, 0.717) is 6.04 Å². The molecule has 0 aliphatic carbocycles.